The lowest BCUT2D eigenvalue weighted by molar-refractivity contribution is 0.628. The fraction of sp³-hybridized carbons (Fsp3) is 0.111. The number of halogens is 2. The zero-order valence-corrected chi connectivity index (χ0v) is 7.40. The van der Waals surface area contributed by atoms with Gasteiger partial charge < -0.3 is 5.32 Å². The smallest absolute Gasteiger partial charge is 0.125 e. The molecule has 0 radical (unpaired) electrons. The summed E-state index contributed by atoms with van der Waals surface area (Å²) < 4.78 is 12.5. The highest BCUT2D eigenvalue weighted by Crippen LogP contribution is 2.07. The van der Waals surface area contributed by atoms with Crippen molar-refractivity contribution in [3.63, 3.8) is 0 Å². The third-order valence-corrected chi connectivity index (χ3v) is 1.28. The summed E-state index contributed by atoms with van der Waals surface area (Å²) in [5.74, 6) is -0.223. The summed E-state index contributed by atoms with van der Waals surface area (Å²) in [5.41, 5.74) is 0.782. The molecule has 3 heteroatoms. The van der Waals surface area contributed by atoms with E-state index in [1.807, 2.05) is 6.07 Å². The number of anilines is 1. The summed E-state index contributed by atoms with van der Waals surface area (Å²) in [7, 11) is 0. The maximum atomic E-state index is 12.5. The molecule has 0 heterocycles. The van der Waals surface area contributed by atoms with Gasteiger partial charge in [0.25, 0.3) is 0 Å². The van der Waals surface area contributed by atoms with Crippen molar-refractivity contribution in [3.8, 4) is 0 Å². The molecule has 0 saturated heterocycles. The van der Waals surface area contributed by atoms with E-state index in [2.05, 4.69) is 11.9 Å². The first-order chi connectivity index (χ1) is 5.33. The zero-order valence-electron chi connectivity index (χ0n) is 6.59. The van der Waals surface area contributed by atoms with Crippen molar-refractivity contribution in [2.75, 3.05) is 11.9 Å². The Hall–Kier alpha value is -1.02. The predicted molar refractivity (Wildman–Crippen MR) is 52.3 cm³/mol. The second-order valence-electron chi connectivity index (χ2n) is 2.18. The van der Waals surface area contributed by atoms with Crippen LogP contribution in [0.1, 0.15) is 0 Å². The topological polar surface area (TPSA) is 12.0 Å². The van der Waals surface area contributed by atoms with Crippen LogP contribution < -0.4 is 5.32 Å². The van der Waals surface area contributed by atoms with Crippen LogP contribution in [0.25, 0.3) is 0 Å². The molecule has 1 aromatic rings. The van der Waals surface area contributed by atoms with Crippen LogP contribution >= 0.6 is 12.4 Å². The van der Waals surface area contributed by atoms with E-state index in [1.54, 1.807) is 12.1 Å². The van der Waals surface area contributed by atoms with E-state index in [0.29, 0.717) is 6.54 Å². The molecular weight excluding hydrogens is 177 g/mol. The molecule has 1 rings (SSSR count). The van der Waals surface area contributed by atoms with E-state index < -0.39 is 0 Å². The average Bonchev–Trinajstić information content (AvgIpc) is 2.01. The van der Waals surface area contributed by atoms with E-state index in [-0.39, 0.29) is 18.2 Å². The molecule has 0 aromatic heterocycles. The van der Waals surface area contributed by atoms with Gasteiger partial charge >= 0.3 is 0 Å². The minimum absolute atomic E-state index is 0. The summed E-state index contributed by atoms with van der Waals surface area (Å²) in [5, 5.41) is 2.98. The molecule has 0 fully saturated rings. The van der Waals surface area contributed by atoms with Gasteiger partial charge in [0.2, 0.25) is 0 Å². The quantitative estimate of drug-likeness (QED) is 0.718. The molecule has 0 aliphatic carbocycles. The molecule has 1 N–H and O–H groups in total. The Kier molecular flexibility index (Phi) is 5.13. The van der Waals surface area contributed by atoms with Crippen molar-refractivity contribution < 1.29 is 4.39 Å². The SMILES string of the molecule is C=CCNc1cccc(F)c1.Cl. The van der Waals surface area contributed by atoms with E-state index in [0.717, 1.165) is 5.69 Å². The van der Waals surface area contributed by atoms with Gasteiger partial charge in [-0.05, 0) is 18.2 Å². The third kappa shape index (κ3) is 3.39. The molecule has 0 aliphatic heterocycles. The van der Waals surface area contributed by atoms with Gasteiger partial charge in [0.15, 0.2) is 0 Å². The standard InChI is InChI=1S/C9H10FN.ClH/c1-2-6-11-9-5-3-4-8(10)7-9;/h2-5,7,11H,1,6H2;1H. The van der Waals surface area contributed by atoms with Crippen molar-refractivity contribution in [2.24, 2.45) is 0 Å². The van der Waals surface area contributed by atoms with Gasteiger partial charge in [0.1, 0.15) is 5.82 Å². The first-order valence-electron chi connectivity index (χ1n) is 3.43. The lowest BCUT2D eigenvalue weighted by Gasteiger charge is -2.01. The summed E-state index contributed by atoms with van der Waals surface area (Å²) >= 11 is 0. The van der Waals surface area contributed by atoms with Crippen molar-refractivity contribution in [1.29, 1.82) is 0 Å². The van der Waals surface area contributed by atoms with Gasteiger partial charge in [0, 0.05) is 12.2 Å². The van der Waals surface area contributed by atoms with E-state index in [4.69, 9.17) is 0 Å². The van der Waals surface area contributed by atoms with Gasteiger partial charge in [-0.15, -0.1) is 19.0 Å². The third-order valence-electron chi connectivity index (χ3n) is 1.28. The van der Waals surface area contributed by atoms with Crippen LogP contribution in [0.3, 0.4) is 0 Å². The zero-order chi connectivity index (χ0) is 8.10. The summed E-state index contributed by atoms with van der Waals surface area (Å²) in [4.78, 5) is 0. The Labute approximate surface area is 77.7 Å². The molecule has 0 amide bonds. The Bertz CT molecular complexity index is 250. The highest BCUT2D eigenvalue weighted by molar-refractivity contribution is 5.85. The highest BCUT2D eigenvalue weighted by Gasteiger charge is 1.90. The molecule has 0 aliphatic rings. The number of hydrogen-bond donors (Lipinski definition) is 1. The van der Waals surface area contributed by atoms with Crippen molar-refractivity contribution in [2.45, 2.75) is 0 Å². The van der Waals surface area contributed by atoms with Gasteiger partial charge in [-0.2, -0.15) is 0 Å². The first-order valence-corrected chi connectivity index (χ1v) is 3.43. The molecule has 1 aromatic carbocycles. The van der Waals surface area contributed by atoms with Crippen LogP contribution in [0, 0.1) is 5.82 Å². The second-order valence-corrected chi connectivity index (χ2v) is 2.18. The molecule has 1 nitrogen and oxygen atoms in total. The molecule has 0 saturated carbocycles. The van der Waals surface area contributed by atoms with Crippen LogP contribution in [0.4, 0.5) is 10.1 Å². The van der Waals surface area contributed by atoms with Crippen molar-refractivity contribution in [1.82, 2.24) is 0 Å². The molecule has 0 bridgehead atoms. The number of nitrogens with one attached hydrogen (secondary N) is 1. The van der Waals surface area contributed by atoms with Crippen LogP contribution in [0.5, 0.6) is 0 Å². The van der Waals surface area contributed by atoms with Gasteiger partial charge in [-0.1, -0.05) is 12.1 Å². The fourth-order valence-electron chi connectivity index (χ4n) is 0.788. The monoisotopic (exact) mass is 187 g/mol. The maximum absolute atomic E-state index is 12.5. The normalized spacial score (nSPS) is 8.42. The first kappa shape index (κ1) is 11.0. The molecule has 0 unspecified atom stereocenters. The van der Waals surface area contributed by atoms with Crippen molar-refractivity contribution >= 4 is 18.1 Å². The van der Waals surface area contributed by atoms with Gasteiger partial charge in [-0.3, -0.25) is 0 Å². The Morgan fingerprint density at radius 1 is 1.50 bits per heavy atom. The van der Waals surface area contributed by atoms with Crippen LogP contribution in [-0.2, 0) is 0 Å². The lowest BCUT2D eigenvalue weighted by Crippen LogP contribution is -1.97. The van der Waals surface area contributed by atoms with Crippen LogP contribution in [0.15, 0.2) is 36.9 Å². The Morgan fingerprint density at radius 3 is 2.83 bits per heavy atom. The Morgan fingerprint density at radius 2 is 2.25 bits per heavy atom. The van der Waals surface area contributed by atoms with E-state index >= 15 is 0 Å². The molecule has 12 heavy (non-hydrogen) atoms. The van der Waals surface area contributed by atoms with Gasteiger partial charge in [0.05, 0.1) is 0 Å². The minimum atomic E-state index is -0.223. The van der Waals surface area contributed by atoms with Crippen LogP contribution in [0.2, 0.25) is 0 Å². The second kappa shape index (κ2) is 5.61. The largest absolute Gasteiger partial charge is 0.382 e. The molecular formula is C9H11ClFN. The highest BCUT2D eigenvalue weighted by atomic mass is 35.5. The van der Waals surface area contributed by atoms with E-state index in [9.17, 15) is 4.39 Å². The summed E-state index contributed by atoms with van der Waals surface area (Å²) in [6.45, 7) is 4.20. The minimum Gasteiger partial charge on any atom is -0.382 e. The van der Waals surface area contributed by atoms with Gasteiger partial charge in [-0.25, -0.2) is 4.39 Å². The number of benzene rings is 1. The maximum Gasteiger partial charge on any atom is 0.125 e. The average molecular weight is 188 g/mol. The molecule has 0 spiro atoms. The van der Waals surface area contributed by atoms with Crippen LogP contribution in [-0.4, -0.2) is 6.54 Å². The predicted octanol–water partition coefficient (Wildman–Crippen LogP) is 2.85. The number of rotatable bonds is 3. The fourth-order valence-corrected chi connectivity index (χ4v) is 0.788. The van der Waals surface area contributed by atoms with Crippen molar-refractivity contribution in [3.05, 3.63) is 42.7 Å². The molecule has 0 atom stereocenters. The number of hydrogen-bond acceptors (Lipinski definition) is 1. The molecule has 66 valence electrons. The Balaban J connectivity index is 0.00000121. The lowest BCUT2D eigenvalue weighted by atomic mass is 10.3. The summed E-state index contributed by atoms with van der Waals surface area (Å²) in [6.07, 6.45) is 1.73. The summed E-state index contributed by atoms with van der Waals surface area (Å²) in [6, 6.07) is 6.34. The van der Waals surface area contributed by atoms with E-state index in [1.165, 1.54) is 12.1 Å².